The minimum atomic E-state index is -0.374. The van der Waals surface area contributed by atoms with E-state index in [0.29, 0.717) is 5.69 Å². The lowest BCUT2D eigenvalue weighted by molar-refractivity contribution is 1.22. The summed E-state index contributed by atoms with van der Waals surface area (Å²) in [5, 5.41) is 9.73. The van der Waals surface area contributed by atoms with E-state index >= 15 is 0 Å². The van der Waals surface area contributed by atoms with Gasteiger partial charge in [0.2, 0.25) is 0 Å². The van der Waals surface area contributed by atoms with Crippen LogP contribution >= 0.6 is 0 Å². The highest BCUT2D eigenvalue weighted by Gasteiger charge is 2.06. The molecule has 0 bridgehead atoms. The van der Waals surface area contributed by atoms with Gasteiger partial charge in [0, 0.05) is 22.8 Å². The fraction of sp³-hybridized carbons (Fsp3) is 0. The van der Waals surface area contributed by atoms with E-state index in [2.05, 4.69) is 9.97 Å². The number of rotatable bonds is 1. The van der Waals surface area contributed by atoms with Crippen molar-refractivity contribution in [1.29, 1.82) is 5.26 Å². The van der Waals surface area contributed by atoms with Gasteiger partial charge in [-0.25, -0.2) is 0 Å². The van der Waals surface area contributed by atoms with Crippen LogP contribution in [-0.4, -0.2) is 9.97 Å². The third kappa shape index (κ3) is 1.87. The number of hydrogen-bond donors (Lipinski definition) is 1. The van der Waals surface area contributed by atoms with Crippen molar-refractivity contribution >= 4 is 10.9 Å². The smallest absolute Gasteiger partial charge is 0.266 e. The summed E-state index contributed by atoms with van der Waals surface area (Å²) >= 11 is 0. The molecule has 0 atom stereocenters. The molecule has 19 heavy (non-hydrogen) atoms. The highest BCUT2D eigenvalue weighted by atomic mass is 16.1. The summed E-state index contributed by atoms with van der Waals surface area (Å²) in [4.78, 5) is 18.7. The Hall–Kier alpha value is -2.93. The van der Waals surface area contributed by atoms with Crippen LogP contribution in [-0.2, 0) is 0 Å². The lowest BCUT2D eigenvalue weighted by Gasteiger charge is -2.05. The Morgan fingerprint density at radius 2 is 1.95 bits per heavy atom. The molecule has 0 aliphatic carbocycles. The van der Waals surface area contributed by atoms with E-state index < -0.39 is 0 Å². The topological polar surface area (TPSA) is 69.5 Å². The Labute approximate surface area is 109 Å². The zero-order valence-corrected chi connectivity index (χ0v) is 9.92. The van der Waals surface area contributed by atoms with Crippen molar-refractivity contribution in [3.05, 3.63) is 64.6 Å². The first kappa shape index (κ1) is 11.2. The number of pyridine rings is 2. The number of nitrogens with zero attached hydrogens (tertiary/aromatic N) is 2. The first-order valence-corrected chi connectivity index (χ1v) is 5.77. The van der Waals surface area contributed by atoms with Crippen LogP contribution in [0.2, 0.25) is 0 Å². The standard InChI is InChI=1S/C15H9N3O/c16-9-10-5-6-14(18-15(10)19)12-7-8-17-13-4-2-1-3-11(12)13/h1-8H,(H,18,19). The van der Waals surface area contributed by atoms with E-state index in [-0.39, 0.29) is 11.1 Å². The molecule has 0 saturated carbocycles. The molecule has 1 N–H and O–H groups in total. The third-order valence-corrected chi connectivity index (χ3v) is 2.97. The van der Waals surface area contributed by atoms with E-state index in [1.165, 1.54) is 6.07 Å². The lowest BCUT2D eigenvalue weighted by Crippen LogP contribution is -2.10. The first-order chi connectivity index (χ1) is 9.29. The number of nitriles is 1. The second kappa shape index (κ2) is 4.39. The molecular formula is C15H9N3O. The molecule has 0 aliphatic rings. The minimum Gasteiger partial charge on any atom is -0.321 e. The van der Waals surface area contributed by atoms with Gasteiger partial charge in [-0.05, 0) is 24.3 Å². The zero-order chi connectivity index (χ0) is 13.2. The second-order valence-corrected chi connectivity index (χ2v) is 4.10. The molecule has 2 aromatic heterocycles. The van der Waals surface area contributed by atoms with E-state index in [1.807, 2.05) is 36.4 Å². The summed E-state index contributed by atoms with van der Waals surface area (Å²) in [5.74, 6) is 0. The van der Waals surface area contributed by atoms with Gasteiger partial charge in [0.25, 0.3) is 5.56 Å². The van der Waals surface area contributed by atoms with Crippen LogP contribution in [0.1, 0.15) is 5.56 Å². The van der Waals surface area contributed by atoms with Crippen LogP contribution in [0.5, 0.6) is 0 Å². The number of H-pyrrole nitrogens is 1. The monoisotopic (exact) mass is 247 g/mol. The molecule has 3 aromatic rings. The molecule has 0 amide bonds. The molecule has 3 rings (SSSR count). The number of aromatic amines is 1. The number of benzene rings is 1. The molecule has 0 fully saturated rings. The molecule has 4 nitrogen and oxygen atoms in total. The van der Waals surface area contributed by atoms with Crippen LogP contribution in [0.4, 0.5) is 0 Å². The van der Waals surface area contributed by atoms with E-state index in [9.17, 15) is 4.79 Å². The van der Waals surface area contributed by atoms with Crippen molar-refractivity contribution in [2.45, 2.75) is 0 Å². The van der Waals surface area contributed by atoms with Crippen molar-refractivity contribution in [3.8, 4) is 17.3 Å². The SMILES string of the molecule is N#Cc1ccc(-c2ccnc3ccccc23)[nH]c1=O. The molecule has 0 spiro atoms. The molecule has 4 heteroatoms. The van der Waals surface area contributed by atoms with Crippen LogP contribution < -0.4 is 5.56 Å². The molecule has 2 heterocycles. The summed E-state index contributed by atoms with van der Waals surface area (Å²) in [5.41, 5.74) is 2.18. The molecule has 0 unspecified atom stereocenters. The summed E-state index contributed by atoms with van der Waals surface area (Å²) in [6.45, 7) is 0. The lowest BCUT2D eigenvalue weighted by atomic mass is 10.1. The van der Waals surface area contributed by atoms with Crippen LogP contribution in [0.25, 0.3) is 22.2 Å². The highest BCUT2D eigenvalue weighted by Crippen LogP contribution is 2.24. The van der Waals surface area contributed by atoms with Gasteiger partial charge in [0.1, 0.15) is 11.6 Å². The fourth-order valence-corrected chi connectivity index (χ4v) is 2.05. The second-order valence-electron chi connectivity index (χ2n) is 4.10. The maximum atomic E-state index is 11.7. The highest BCUT2D eigenvalue weighted by molar-refractivity contribution is 5.93. The largest absolute Gasteiger partial charge is 0.321 e. The molecule has 1 aromatic carbocycles. The van der Waals surface area contributed by atoms with Gasteiger partial charge in [-0.3, -0.25) is 9.78 Å². The van der Waals surface area contributed by atoms with Gasteiger partial charge in [-0.2, -0.15) is 5.26 Å². The Morgan fingerprint density at radius 3 is 2.74 bits per heavy atom. The predicted molar refractivity (Wildman–Crippen MR) is 72.5 cm³/mol. The Morgan fingerprint density at radius 1 is 1.11 bits per heavy atom. The van der Waals surface area contributed by atoms with E-state index in [4.69, 9.17) is 5.26 Å². The summed E-state index contributed by atoms with van der Waals surface area (Å²) in [7, 11) is 0. The quantitative estimate of drug-likeness (QED) is 0.718. The van der Waals surface area contributed by atoms with Gasteiger partial charge in [0.15, 0.2) is 0 Å². The molecule has 0 saturated heterocycles. The zero-order valence-electron chi connectivity index (χ0n) is 9.92. The van der Waals surface area contributed by atoms with Gasteiger partial charge >= 0.3 is 0 Å². The van der Waals surface area contributed by atoms with Crippen LogP contribution in [0.15, 0.2) is 53.5 Å². The summed E-state index contributed by atoms with van der Waals surface area (Å²) in [6.07, 6.45) is 1.70. The van der Waals surface area contributed by atoms with Crippen molar-refractivity contribution in [3.63, 3.8) is 0 Å². The molecule has 90 valence electrons. The van der Waals surface area contributed by atoms with Crippen LogP contribution in [0, 0.1) is 11.3 Å². The molecular weight excluding hydrogens is 238 g/mol. The average molecular weight is 247 g/mol. The van der Waals surface area contributed by atoms with Gasteiger partial charge in [-0.15, -0.1) is 0 Å². The van der Waals surface area contributed by atoms with Crippen LogP contribution in [0.3, 0.4) is 0 Å². The average Bonchev–Trinajstić information content (AvgIpc) is 2.46. The Kier molecular flexibility index (Phi) is 2.58. The summed E-state index contributed by atoms with van der Waals surface area (Å²) in [6, 6.07) is 14.7. The van der Waals surface area contributed by atoms with Gasteiger partial charge in [0.05, 0.1) is 5.52 Å². The predicted octanol–water partition coefficient (Wildman–Crippen LogP) is 2.46. The van der Waals surface area contributed by atoms with E-state index in [0.717, 1.165) is 16.5 Å². The number of nitrogens with one attached hydrogen (secondary N) is 1. The first-order valence-electron chi connectivity index (χ1n) is 5.77. The number of hydrogen-bond acceptors (Lipinski definition) is 3. The normalized spacial score (nSPS) is 10.3. The van der Waals surface area contributed by atoms with Crippen molar-refractivity contribution < 1.29 is 0 Å². The molecule has 0 aliphatic heterocycles. The maximum absolute atomic E-state index is 11.7. The van der Waals surface area contributed by atoms with Crippen molar-refractivity contribution in [2.24, 2.45) is 0 Å². The number of fused-ring (bicyclic) bond motifs is 1. The maximum Gasteiger partial charge on any atom is 0.266 e. The Balaban J connectivity index is 2.28. The number of aromatic nitrogens is 2. The number of para-hydroxylation sites is 1. The Bertz CT molecular complexity index is 854. The van der Waals surface area contributed by atoms with Gasteiger partial charge in [-0.1, -0.05) is 18.2 Å². The summed E-state index contributed by atoms with van der Waals surface area (Å²) < 4.78 is 0. The minimum absolute atomic E-state index is 0.113. The van der Waals surface area contributed by atoms with Crippen molar-refractivity contribution in [2.75, 3.05) is 0 Å². The molecule has 0 radical (unpaired) electrons. The third-order valence-electron chi connectivity index (χ3n) is 2.97. The van der Waals surface area contributed by atoms with E-state index in [1.54, 1.807) is 12.3 Å². The van der Waals surface area contributed by atoms with Crippen molar-refractivity contribution in [1.82, 2.24) is 9.97 Å². The van der Waals surface area contributed by atoms with Gasteiger partial charge < -0.3 is 4.98 Å². The fourth-order valence-electron chi connectivity index (χ4n) is 2.05.